The van der Waals surface area contributed by atoms with Crippen LogP contribution in [0.25, 0.3) is 0 Å². The van der Waals surface area contributed by atoms with Gasteiger partial charge in [0.2, 0.25) is 16.7 Å². The Balaban J connectivity index is 1.59. The molecule has 0 amide bonds. The van der Waals surface area contributed by atoms with Crippen LogP contribution in [-0.2, 0) is 0 Å². The van der Waals surface area contributed by atoms with E-state index in [-0.39, 0.29) is 0 Å². The van der Waals surface area contributed by atoms with Crippen LogP contribution in [0.2, 0.25) is 0 Å². The second-order valence-corrected chi connectivity index (χ2v) is 11.4. The van der Waals surface area contributed by atoms with Crippen LogP contribution in [-0.4, -0.2) is 0 Å². The summed E-state index contributed by atoms with van der Waals surface area (Å²) in [7, 11) is -2.30. The average molecular weight is 522 g/mol. The fourth-order valence-corrected chi connectivity index (χ4v) is 7.71. The van der Waals surface area contributed by atoms with Gasteiger partial charge in [0.05, 0.1) is 0 Å². The molecule has 5 aromatic carbocycles. The van der Waals surface area contributed by atoms with E-state index in [0.29, 0.717) is 0 Å². The molecule has 4 N–H and O–H groups in total. The van der Waals surface area contributed by atoms with Crippen LogP contribution in [0.5, 0.6) is 0 Å². The van der Waals surface area contributed by atoms with E-state index >= 15 is 0 Å². The second kappa shape index (κ2) is 12.8. The Morgan fingerprint density at radius 1 is 0.324 bits per heavy atom. The smallest absolute Gasteiger partial charge is 0.209 e. The molecule has 0 heterocycles. The number of hydrogen-bond acceptors (Lipinski definition) is 5. The zero-order valence-corrected chi connectivity index (χ0v) is 22.1. The average Bonchev–Trinajstić information content (AvgIpc) is 2.96. The van der Waals surface area contributed by atoms with Crippen LogP contribution >= 0.6 is 16.7 Å². The van der Waals surface area contributed by atoms with Crippen LogP contribution in [0.15, 0.2) is 152 Å². The van der Waals surface area contributed by atoms with Gasteiger partial charge in [-0.2, -0.15) is 0 Å². The van der Waals surface area contributed by atoms with Crippen molar-refractivity contribution in [3.8, 4) is 0 Å². The highest BCUT2D eigenvalue weighted by atomic mass is 31.2. The maximum absolute atomic E-state index is 3.79. The van der Waals surface area contributed by atoms with Gasteiger partial charge >= 0.3 is 0 Å². The minimum atomic E-state index is -1.15. The lowest BCUT2D eigenvalue weighted by molar-refractivity contribution is 1.50. The molecule has 5 aromatic rings. The summed E-state index contributed by atoms with van der Waals surface area (Å²) in [5.41, 5.74) is 5.29. The Kier molecular flexibility index (Phi) is 8.51. The van der Waals surface area contributed by atoms with Crippen molar-refractivity contribution in [1.29, 1.82) is 0 Å². The fraction of sp³-hybridized carbons (Fsp3) is 0. The van der Waals surface area contributed by atoms with Gasteiger partial charge in [0.1, 0.15) is 0 Å². The molecule has 37 heavy (non-hydrogen) atoms. The lowest BCUT2D eigenvalue weighted by atomic mass is 10.3. The highest BCUT2D eigenvalue weighted by molar-refractivity contribution is 7.80. The molecule has 0 aliphatic heterocycles. The van der Waals surface area contributed by atoms with E-state index in [2.05, 4.69) is 152 Å². The lowest BCUT2D eigenvalue weighted by Crippen LogP contribution is -2.25. The largest absolute Gasteiger partial charge is 0.330 e. The summed E-state index contributed by atoms with van der Waals surface area (Å²) in [6.07, 6.45) is 0. The number of nitrogens with one attached hydrogen (secondary N) is 4. The number of rotatable bonds is 11. The van der Waals surface area contributed by atoms with Crippen molar-refractivity contribution < 1.29 is 0 Å². The molecule has 0 atom stereocenters. The monoisotopic (exact) mass is 521 g/mol. The van der Waals surface area contributed by atoms with Crippen molar-refractivity contribution in [3.05, 3.63) is 152 Å². The summed E-state index contributed by atoms with van der Waals surface area (Å²) in [5, 5.41) is 15.2. The Morgan fingerprint density at radius 3 is 0.838 bits per heavy atom. The van der Waals surface area contributed by atoms with E-state index < -0.39 is 16.7 Å². The first-order chi connectivity index (χ1) is 18.3. The SMILES string of the molecule is c1ccc(NP(Nc2ccccc2)N(c2ccccc2)P(Nc2ccccc2)Nc2ccccc2)cc1. The van der Waals surface area contributed by atoms with Crippen LogP contribution in [0.1, 0.15) is 0 Å². The third-order valence-corrected chi connectivity index (χ3v) is 9.57. The third-order valence-electron chi connectivity index (χ3n) is 5.40. The maximum Gasteiger partial charge on any atom is 0.209 e. The molecule has 0 aliphatic rings. The number of benzene rings is 5. The van der Waals surface area contributed by atoms with Crippen molar-refractivity contribution in [2.24, 2.45) is 0 Å². The zero-order valence-electron chi connectivity index (χ0n) is 20.3. The molecule has 184 valence electrons. The van der Waals surface area contributed by atoms with Crippen molar-refractivity contribution in [3.63, 3.8) is 0 Å². The van der Waals surface area contributed by atoms with Gasteiger partial charge in [-0.05, 0) is 60.7 Å². The predicted octanol–water partition coefficient (Wildman–Crippen LogP) is 9.40. The number of para-hydroxylation sites is 5. The zero-order chi connectivity index (χ0) is 25.1. The normalized spacial score (nSPS) is 10.6. The molecule has 0 aliphatic carbocycles. The molecule has 0 bridgehead atoms. The Morgan fingerprint density at radius 2 is 0.568 bits per heavy atom. The molecule has 5 nitrogen and oxygen atoms in total. The highest BCUT2D eigenvalue weighted by Crippen LogP contribution is 2.58. The lowest BCUT2D eigenvalue weighted by Gasteiger charge is -2.40. The summed E-state index contributed by atoms with van der Waals surface area (Å²) in [6.45, 7) is 0. The first-order valence-electron chi connectivity index (χ1n) is 12.1. The molecular weight excluding hydrogens is 492 g/mol. The summed E-state index contributed by atoms with van der Waals surface area (Å²) >= 11 is 0. The van der Waals surface area contributed by atoms with Gasteiger partial charge in [0.25, 0.3) is 0 Å². The molecule has 0 aromatic heterocycles. The molecule has 5 rings (SSSR count). The quantitative estimate of drug-likeness (QED) is 0.131. The Labute approximate surface area is 221 Å². The van der Waals surface area contributed by atoms with Crippen molar-refractivity contribution in [2.45, 2.75) is 0 Å². The van der Waals surface area contributed by atoms with Crippen LogP contribution in [0, 0.1) is 0 Å². The van der Waals surface area contributed by atoms with Gasteiger partial charge in [0.15, 0.2) is 0 Å². The molecule has 0 fully saturated rings. The predicted molar refractivity (Wildman–Crippen MR) is 163 cm³/mol. The summed E-state index contributed by atoms with van der Waals surface area (Å²) < 4.78 is 2.41. The van der Waals surface area contributed by atoms with Gasteiger partial charge in [-0.25, -0.2) is 0 Å². The van der Waals surface area contributed by atoms with Crippen molar-refractivity contribution in [2.75, 3.05) is 24.8 Å². The third kappa shape index (κ3) is 7.01. The van der Waals surface area contributed by atoms with E-state index in [0.717, 1.165) is 28.4 Å². The first kappa shape index (κ1) is 24.6. The first-order valence-corrected chi connectivity index (χ1v) is 14.7. The fourth-order valence-electron chi connectivity index (χ4n) is 3.67. The van der Waals surface area contributed by atoms with Gasteiger partial charge in [-0.1, -0.05) is 91.0 Å². The molecular formula is C30H29N5P2. The van der Waals surface area contributed by atoms with Crippen LogP contribution in [0.4, 0.5) is 28.4 Å². The topological polar surface area (TPSA) is 51.4 Å². The van der Waals surface area contributed by atoms with Gasteiger partial charge in [0, 0.05) is 28.4 Å². The van der Waals surface area contributed by atoms with Crippen molar-refractivity contribution >= 4 is 45.2 Å². The highest BCUT2D eigenvalue weighted by Gasteiger charge is 2.30. The standard InChI is InChI=1S/C30H29N5P2/c1-6-16-26(17-7-1)31-36(32-27-18-8-2-9-19-27)35(30-24-14-5-15-25-30)37(33-28-20-10-3-11-21-28)34-29-22-12-4-13-23-29/h1-25,31-34H. The molecule has 7 heteroatoms. The van der Waals surface area contributed by atoms with E-state index in [1.54, 1.807) is 0 Å². The minimum absolute atomic E-state index is 1.05. The van der Waals surface area contributed by atoms with E-state index in [1.807, 2.05) is 24.3 Å². The summed E-state index contributed by atoms with van der Waals surface area (Å²) in [5.74, 6) is 0. The molecule has 0 saturated heterocycles. The molecule has 0 unspecified atom stereocenters. The maximum atomic E-state index is 3.79. The minimum Gasteiger partial charge on any atom is -0.330 e. The summed E-state index contributed by atoms with van der Waals surface area (Å²) in [6, 6.07) is 51.9. The summed E-state index contributed by atoms with van der Waals surface area (Å²) in [4.78, 5) is 0. The van der Waals surface area contributed by atoms with Gasteiger partial charge in [-0.3, -0.25) is 4.44 Å². The van der Waals surface area contributed by atoms with E-state index in [1.165, 1.54) is 0 Å². The number of nitrogens with zero attached hydrogens (tertiary/aromatic N) is 1. The molecule has 0 radical (unpaired) electrons. The van der Waals surface area contributed by atoms with Crippen LogP contribution < -0.4 is 24.8 Å². The number of hydrogen-bond donors (Lipinski definition) is 4. The van der Waals surface area contributed by atoms with Crippen LogP contribution in [0.3, 0.4) is 0 Å². The number of anilines is 5. The molecule has 0 saturated carbocycles. The van der Waals surface area contributed by atoms with E-state index in [4.69, 9.17) is 0 Å². The Bertz CT molecular complexity index is 1160. The Hall–Kier alpha value is -4.04. The van der Waals surface area contributed by atoms with Gasteiger partial charge < -0.3 is 20.3 Å². The van der Waals surface area contributed by atoms with E-state index in [9.17, 15) is 0 Å². The van der Waals surface area contributed by atoms with Crippen molar-refractivity contribution in [1.82, 2.24) is 0 Å². The second-order valence-electron chi connectivity index (χ2n) is 8.16. The van der Waals surface area contributed by atoms with Gasteiger partial charge in [-0.15, -0.1) is 0 Å². The molecule has 0 spiro atoms.